The summed E-state index contributed by atoms with van der Waals surface area (Å²) in [5.74, 6) is 1.30. The Labute approximate surface area is 111 Å². The van der Waals surface area contributed by atoms with E-state index in [0.29, 0.717) is 24.7 Å². The molecule has 1 atom stereocenters. The van der Waals surface area contributed by atoms with Crippen LogP contribution in [0.15, 0.2) is 28.8 Å². The number of rotatable bonds is 5. The van der Waals surface area contributed by atoms with E-state index in [9.17, 15) is 5.11 Å². The first-order valence-electron chi connectivity index (χ1n) is 6.05. The van der Waals surface area contributed by atoms with E-state index in [1.807, 2.05) is 31.1 Å². The second-order valence-electron chi connectivity index (χ2n) is 4.76. The lowest BCUT2D eigenvalue weighted by atomic mass is 10.1. The van der Waals surface area contributed by atoms with Crippen LogP contribution >= 0.6 is 0 Å². The van der Waals surface area contributed by atoms with Gasteiger partial charge in [0.25, 0.3) is 0 Å². The molecule has 2 aromatic rings. The van der Waals surface area contributed by atoms with E-state index >= 15 is 0 Å². The first-order chi connectivity index (χ1) is 9.04. The fraction of sp³-hybridized carbons (Fsp3) is 0.385. The third-order valence-electron chi connectivity index (χ3n) is 2.65. The zero-order valence-electron chi connectivity index (χ0n) is 11.1. The molecule has 0 aliphatic rings. The molecule has 102 valence electrons. The van der Waals surface area contributed by atoms with Crippen LogP contribution in [0.4, 0.5) is 0 Å². The third kappa shape index (κ3) is 3.77. The number of nitrogens with zero attached hydrogens (tertiary/aromatic N) is 3. The lowest BCUT2D eigenvalue weighted by Gasteiger charge is -2.07. The van der Waals surface area contributed by atoms with Crippen LogP contribution in [0.5, 0.6) is 5.75 Å². The van der Waals surface area contributed by atoms with E-state index in [1.165, 1.54) is 0 Å². The molecule has 0 aliphatic carbocycles. The van der Waals surface area contributed by atoms with Crippen molar-refractivity contribution in [3.8, 4) is 5.75 Å². The van der Waals surface area contributed by atoms with Crippen molar-refractivity contribution in [2.24, 2.45) is 5.73 Å². The van der Waals surface area contributed by atoms with Crippen molar-refractivity contribution in [2.75, 3.05) is 14.1 Å². The molecular weight excluding hydrogens is 244 g/mol. The summed E-state index contributed by atoms with van der Waals surface area (Å²) in [7, 11) is 3.87. The van der Waals surface area contributed by atoms with Gasteiger partial charge in [0.2, 0.25) is 5.89 Å². The molecule has 0 fully saturated rings. The molecule has 19 heavy (non-hydrogen) atoms. The molecule has 0 radical (unpaired) electrons. The minimum Gasteiger partial charge on any atom is -0.508 e. The summed E-state index contributed by atoms with van der Waals surface area (Å²) in [6, 6.07) is 6.58. The Morgan fingerprint density at radius 2 is 2.00 bits per heavy atom. The Balaban J connectivity index is 2.01. The van der Waals surface area contributed by atoms with Gasteiger partial charge in [0, 0.05) is 0 Å². The monoisotopic (exact) mass is 262 g/mol. The molecule has 2 rings (SSSR count). The Hall–Kier alpha value is -1.92. The molecule has 6 nitrogen and oxygen atoms in total. The van der Waals surface area contributed by atoms with E-state index in [1.54, 1.807) is 12.1 Å². The van der Waals surface area contributed by atoms with E-state index in [-0.39, 0.29) is 11.8 Å². The summed E-state index contributed by atoms with van der Waals surface area (Å²) in [6.07, 6.45) is 0.587. The van der Waals surface area contributed by atoms with Crippen LogP contribution in [0.1, 0.15) is 23.3 Å². The Morgan fingerprint density at radius 3 is 2.63 bits per heavy atom. The van der Waals surface area contributed by atoms with Gasteiger partial charge in [-0.2, -0.15) is 4.98 Å². The normalized spacial score (nSPS) is 12.8. The first-order valence-corrected chi connectivity index (χ1v) is 6.05. The molecular formula is C13H18N4O2. The van der Waals surface area contributed by atoms with Crippen LogP contribution in [0, 0.1) is 0 Å². The van der Waals surface area contributed by atoms with E-state index in [2.05, 4.69) is 10.1 Å². The second kappa shape index (κ2) is 5.81. The van der Waals surface area contributed by atoms with Crippen molar-refractivity contribution < 1.29 is 9.63 Å². The SMILES string of the molecule is CN(C)Cc1noc([C@H](N)Cc2ccc(O)cc2)n1. The van der Waals surface area contributed by atoms with Gasteiger partial charge in [0.15, 0.2) is 5.82 Å². The van der Waals surface area contributed by atoms with Gasteiger partial charge in [-0.15, -0.1) is 0 Å². The van der Waals surface area contributed by atoms with Gasteiger partial charge in [-0.3, -0.25) is 0 Å². The zero-order valence-corrected chi connectivity index (χ0v) is 11.1. The topological polar surface area (TPSA) is 88.4 Å². The smallest absolute Gasteiger partial charge is 0.243 e. The molecule has 0 unspecified atom stereocenters. The summed E-state index contributed by atoms with van der Waals surface area (Å²) in [5, 5.41) is 13.1. The second-order valence-corrected chi connectivity index (χ2v) is 4.76. The lowest BCUT2D eigenvalue weighted by molar-refractivity contribution is 0.336. The molecule has 0 amide bonds. The maximum Gasteiger partial charge on any atom is 0.243 e. The van der Waals surface area contributed by atoms with Crippen molar-refractivity contribution in [1.82, 2.24) is 15.0 Å². The van der Waals surface area contributed by atoms with Gasteiger partial charge in [-0.25, -0.2) is 0 Å². The van der Waals surface area contributed by atoms with Crippen molar-refractivity contribution in [3.05, 3.63) is 41.5 Å². The van der Waals surface area contributed by atoms with Gasteiger partial charge in [-0.1, -0.05) is 17.3 Å². The quantitative estimate of drug-likeness (QED) is 0.838. The molecule has 1 heterocycles. The van der Waals surface area contributed by atoms with Gasteiger partial charge < -0.3 is 20.3 Å². The Bertz CT molecular complexity index is 522. The van der Waals surface area contributed by atoms with Crippen LogP contribution in [0.2, 0.25) is 0 Å². The van der Waals surface area contributed by atoms with Crippen LogP contribution in [0.25, 0.3) is 0 Å². The molecule has 1 aromatic heterocycles. The number of aromatic nitrogens is 2. The van der Waals surface area contributed by atoms with Crippen molar-refractivity contribution in [1.29, 1.82) is 0 Å². The summed E-state index contributed by atoms with van der Waals surface area (Å²) in [4.78, 5) is 6.23. The van der Waals surface area contributed by atoms with E-state index in [4.69, 9.17) is 10.3 Å². The molecule has 0 saturated heterocycles. The van der Waals surface area contributed by atoms with E-state index in [0.717, 1.165) is 5.56 Å². The van der Waals surface area contributed by atoms with Crippen LogP contribution < -0.4 is 5.73 Å². The Kier molecular flexibility index (Phi) is 4.13. The number of hydrogen-bond donors (Lipinski definition) is 2. The summed E-state index contributed by atoms with van der Waals surface area (Å²) in [5.41, 5.74) is 7.05. The molecule has 0 saturated carbocycles. The maximum atomic E-state index is 9.22. The number of phenolic OH excluding ortho intramolecular Hbond substituents is 1. The zero-order chi connectivity index (χ0) is 13.8. The first kappa shape index (κ1) is 13.5. The molecule has 6 heteroatoms. The fourth-order valence-electron chi connectivity index (χ4n) is 1.74. The minimum atomic E-state index is -0.340. The fourth-order valence-corrected chi connectivity index (χ4v) is 1.74. The van der Waals surface area contributed by atoms with Crippen molar-refractivity contribution in [3.63, 3.8) is 0 Å². The van der Waals surface area contributed by atoms with Gasteiger partial charge >= 0.3 is 0 Å². The number of aromatic hydroxyl groups is 1. The highest BCUT2D eigenvalue weighted by atomic mass is 16.5. The molecule has 0 bridgehead atoms. The molecule has 0 aliphatic heterocycles. The van der Waals surface area contributed by atoms with Crippen LogP contribution in [-0.4, -0.2) is 34.2 Å². The average molecular weight is 262 g/mol. The lowest BCUT2D eigenvalue weighted by Crippen LogP contribution is -2.15. The number of benzene rings is 1. The highest BCUT2D eigenvalue weighted by molar-refractivity contribution is 5.26. The van der Waals surface area contributed by atoms with E-state index < -0.39 is 0 Å². The third-order valence-corrected chi connectivity index (χ3v) is 2.65. The number of nitrogens with two attached hydrogens (primary N) is 1. The Morgan fingerprint density at radius 1 is 1.32 bits per heavy atom. The molecule has 3 N–H and O–H groups in total. The standard InChI is InChI=1S/C13H18N4O2/c1-17(2)8-12-15-13(19-16-12)11(14)7-9-3-5-10(18)6-4-9/h3-6,11,18H,7-8,14H2,1-2H3/t11-/m1/s1. The molecule has 1 aromatic carbocycles. The largest absolute Gasteiger partial charge is 0.508 e. The predicted octanol–water partition coefficient (Wildman–Crippen LogP) is 1.08. The van der Waals surface area contributed by atoms with Gasteiger partial charge in [0.05, 0.1) is 12.6 Å². The summed E-state index contributed by atoms with van der Waals surface area (Å²) < 4.78 is 5.16. The molecule has 0 spiro atoms. The highest BCUT2D eigenvalue weighted by Crippen LogP contribution is 2.17. The van der Waals surface area contributed by atoms with Gasteiger partial charge in [-0.05, 0) is 38.2 Å². The van der Waals surface area contributed by atoms with Crippen LogP contribution in [-0.2, 0) is 13.0 Å². The van der Waals surface area contributed by atoms with Gasteiger partial charge in [0.1, 0.15) is 5.75 Å². The maximum absolute atomic E-state index is 9.22. The minimum absolute atomic E-state index is 0.239. The van der Waals surface area contributed by atoms with Crippen molar-refractivity contribution >= 4 is 0 Å². The van der Waals surface area contributed by atoms with Crippen LogP contribution in [0.3, 0.4) is 0 Å². The summed E-state index contributed by atoms with van der Waals surface area (Å²) >= 11 is 0. The highest BCUT2D eigenvalue weighted by Gasteiger charge is 2.15. The number of phenols is 1. The average Bonchev–Trinajstić information content (AvgIpc) is 2.80. The van der Waals surface area contributed by atoms with Crippen molar-refractivity contribution in [2.45, 2.75) is 19.0 Å². The predicted molar refractivity (Wildman–Crippen MR) is 70.4 cm³/mol. The summed E-state index contributed by atoms with van der Waals surface area (Å²) in [6.45, 7) is 0.620. The number of hydrogen-bond acceptors (Lipinski definition) is 6.